The van der Waals surface area contributed by atoms with Gasteiger partial charge in [-0.15, -0.1) is 0 Å². The molecule has 1 N–H and O–H groups in total. The van der Waals surface area contributed by atoms with Gasteiger partial charge in [-0.3, -0.25) is 9.79 Å². The van der Waals surface area contributed by atoms with Crippen LogP contribution in [0, 0.1) is 0 Å². The van der Waals surface area contributed by atoms with Crippen molar-refractivity contribution in [3.05, 3.63) is 59.3 Å². The third kappa shape index (κ3) is 4.40. The predicted octanol–water partition coefficient (Wildman–Crippen LogP) is 5.77. The molecule has 1 aliphatic rings. The van der Waals surface area contributed by atoms with Crippen molar-refractivity contribution >= 4 is 51.0 Å². The van der Waals surface area contributed by atoms with E-state index in [9.17, 15) is 4.79 Å². The fraction of sp³-hybridized carbons (Fsp3) is 0.217. The quantitative estimate of drug-likeness (QED) is 0.511. The molecule has 3 aromatic rings. The van der Waals surface area contributed by atoms with Crippen molar-refractivity contribution in [1.29, 1.82) is 0 Å². The van der Waals surface area contributed by atoms with Gasteiger partial charge in [-0.1, -0.05) is 35.5 Å². The summed E-state index contributed by atoms with van der Waals surface area (Å²) in [5.74, 6) is 1.38. The van der Waals surface area contributed by atoms with Crippen molar-refractivity contribution in [2.24, 2.45) is 4.99 Å². The lowest BCUT2D eigenvalue weighted by atomic mass is 9.99. The van der Waals surface area contributed by atoms with Gasteiger partial charge in [-0.2, -0.15) is 0 Å². The van der Waals surface area contributed by atoms with Crippen LogP contribution in [0.2, 0.25) is 5.02 Å². The summed E-state index contributed by atoms with van der Waals surface area (Å²) in [7, 11) is 0. The average molecular weight is 441 g/mol. The largest absolute Gasteiger partial charge is 0.493 e. The number of nitrogens with zero attached hydrogens (tertiary/aromatic N) is 1. The summed E-state index contributed by atoms with van der Waals surface area (Å²) in [4.78, 5) is 16.7. The molecule has 0 bridgehead atoms. The molecule has 1 aromatic heterocycles. The third-order valence-electron chi connectivity index (χ3n) is 4.72. The number of amides is 1. The second kappa shape index (κ2) is 8.98. The standard InChI is InChI=1S/C23H21ClN2O3S/c1-3-28-20-12-21-18(19(13-29-21)15-4-6-16(24)7-5-15)11-17(20)14(2)10-22(27)26-23-25-8-9-30-23/h4-7,10-13H,3,8-9H2,1-2H3,(H,25,26,27)/b14-10+. The van der Waals surface area contributed by atoms with Crippen molar-refractivity contribution in [2.45, 2.75) is 13.8 Å². The number of amidine groups is 1. The summed E-state index contributed by atoms with van der Waals surface area (Å²) in [6.45, 7) is 5.07. The zero-order valence-electron chi connectivity index (χ0n) is 16.7. The minimum atomic E-state index is -0.201. The highest BCUT2D eigenvalue weighted by atomic mass is 35.5. The maximum Gasteiger partial charge on any atom is 0.250 e. The number of thioether (sulfide) groups is 1. The van der Waals surface area contributed by atoms with Crippen molar-refractivity contribution in [2.75, 3.05) is 18.9 Å². The Balaban J connectivity index is 1.73. The molecular formula is C23H21ClN2O3S. The number of allylic oxidation sites excluding steroid dienone is 1. The van der Waals surface area contributed by atoms with Crippen molar-refractivity contribution in [1.82, 2.24) is 5.32 Å². The van der Waals surface area contributed by atoms with E-state index < -0.39 is 0 Å². The van der Waals surface area contributed by atoms with E-state index in [0.717, 1.165) is 45.5 Å². The van der Waals surface area contributed by atoms with Gasteiger partial charge in [0, 0.05) is 39.4 Å². The van der Waals surface area contributed by atoms with Crippen LogP contribution in [0.5, 0.6) is 5.75 Å². The van der Waals surface area contributed by atoms with Crippen LogP contribution in [0.15, 0.2) is 58.1 Å². The normalized spacial score (nSPS) is 14.1. The number of carbonyl (C=O) groups is 1. The van der Waals surface area contributed by atoms with Crippen LogP contribution < -0.4 is 10.1 Å². The lowest BCUT2D eigenvalue weighted by Gasteiger charge is -2.12. The van der Waals surface area contributed by atoms with E-state index in [1.165, 1.54) is 0 Å². The summed E-state index contributed by atoms with van der Waals surface area (Å²) in [5.41, 5.74) is 4.33. The molecule has 7 heteroatoms. The van der Waals surface area contributed by atoms with E-state index in [4.69, 9.17) is 20.8 Å². The number of hydrogen-bond acceptors (Lipinski definition) is 5. The van der Waals surface area contributed by atoms with E-state index in [0.29, 0.717) is 22.5 Å². The van der Waals surface area contributed by atoms with E-state index in [-0.39, 0.29) is 5.91 Å². The molecule has 2 aromatic carbocycles. The number of fused-ring (bicyclic) bond motifs is 1. The minimum absolute atomic E-state index is 0.201. The van der Waals surface area contributed by atoms with Crippen molar-refractivity contribution in [3.8, 4) is 16.9 Å². The van der Waals surface area contributed by atoms with Crippen LogP contribution in [0.3, 0.4) is 0 Å². The fourth-order valence-corrected chi connectivity index (χ4v) is 4.17. The maximum absolute atomic E-state index is 12.4. The van der Waals surface area contributed by atoms with Gasteiger partial charge in [0.25, 0.3) is 0 Å². The molecule has 30 heavy (non-hydrogen) atoms. The molecule has 0 unspecified atom stereocenters. The molecular weight excluding hydrogens is 420 g/mol. The average Bonchev–Trinajstić information content (AvgIpc) is 3.37. The molecule has 2 heterocycles. The van der Waals surface area contributed by atoms with Gasteiger partial charge in [0.15, 0.2) is 5.17 Å². The summed E-state index contributed by atoms with van der Waals surface area (Å²) in [5, 5.41) is 5.13. The van der Waals surface area contributed by atoms with Crippen molar-refractivity contribution < 1.29 is 13.9 Å². The number of hydrogen-bond donors (Lipinski definition) is 1. The van der Waals surface area contributed by atoms with Crippen LogP contribution >= 0.6 is 23.4 Å². The Morgan fingerprint density at radius 2 is 2.13 bits per heavy atom. The SMILES string of the molecule is CCOc1cc2occ(-c3ccc(Cl)cc3)c2cc1/C(C)=C/C(=O)NC1=NCCS1. The lowest BCUT2D eigenvalue weighted by molar-refractivity contribution is -0.115. The number of carbonyl (C=O) groups excluding carboxylic acids is 1. The lowest BCUT2D eigenvalue weighted by Crippen LogP contribution is -2.25. The molecule has 0 fully saturated rings. The zero-order valence-corrected chi connectivity index (χ0v) is 18.3. The fourth-order valence-electron chi connectivity index (χ4n) is 3.32. The topological polar surface area (TPSA) is 63.8 Å². The molecule has 0 spiro atoms. The van der Waals surface area contributed by atoms with Crippen LogP contribution in [0.25, 0.3) is 27.7 Å². The molecule has 1 amide bonds. The zero-order chi connectivity index (χ0) is 21.1. The number of nitrogens with one attached hydrogen (secondary N) is 1. The number of rotatable bonds is 5. The van der Waals surface area contributed by atoms with Crippen LogP contribution in [-0.2, 0) is 4.79 Å². The summed E-state index contributed by atoms with van der Waals surface area (Å²) in [6.07, 6.45) is 3.31. The summed E-state index contributed by atoms with van der Waals surface area (Å²) in [6, 6.07) is 11.5. The minimum Gasteiger partial charge on any atom is -0.493 e. The monoisotopic (exact) mass is 440 g/mol. The van der Waals surface area contributed by atoms with E-state index >= 15 is 0 Å². The van der Waals surface area contributed by atoms with Gasteiger partial charge >= 0.3 is 0 Å². The van der Waals surface area contributed by atoms with Crippen LogP contribution in [0.4, 0.5) is 0 Å². The van der Waals surface area contributed by atoms with Crippen LogP contribution in [0.1, 0.15) is 19.4 Å². The Labute approximate surface area is 184 Å². The first kappa shape index (κ1) is 20.6. The van der Waals surface area contributed by atoms with E-state index in [2.05, 4.69) is 10.3 Å². The van der Waals surface area contributed by atoms with Crippen molar-refractivity contribution in [3.63, 3.8) is 0 Å². The Morgan fingerprint density at radius 1 is 1.33 bits per heavy atom. The molecule has 0 aliphatic carbocycles. The Hall–Kier alpha value is -2.70. The highest BCUT2D eigenvalue weighted by Crippen LogP contribution is 2.37. The second-order valence-corrected chi connectivity index (χ2v) is 8.31. The van der Waals surface area contributed by atoms with E-state index in [1.807, 2.05) is 50.2 Å². The number of halogens is 1. The number of aliphatic imine (C=N–C) groups is 1. The second-order valence-electron chi connectivity index (χ2n) is 6.79. The van der Waals surface area contributed by atoms with Gasteiger partial charge in [-0.25, -0.2) is 0 Å². The summed E-state index contributed by atoms with van der Waals surface area (Å²) < 4.78 is 11.6. The molecule has 0 atom stereocenters. The molecule has 0 saturated carbocycles. The van der Waals surface area contributed by atoms with E-state index in [1.54, 1.807) is 24.1 Å². The first-order valence-electron chi connectivity index (χ1n) is 9.66. The van der Waals surface area contributed by atoms with Crippen LogP contribution in [-0.4, -0.2) is 30.0 Å². The maximum atomic E-state index is 12.4. The summed E-state index contributed by atoms with van der Waals surface area (Å²) >= 11 is 7.58. The molecule has 0 saturated heterocycles. The van der Waals surface area contributed by atoms with Gasteiger partial charge in [-0.05, 0) is 43.2 Å². The van der Waals surface area contributed by atoms with Gasteiger partial charge in [0.1, 0.15) is 11.3 Å². The molecule has 4 rings (SSSR count). The van der Waals surface area contributed by atoms with Gasteiger partial charge in [0.2, 0.25) is 5.91 Å². The number of benzene rings is 2. The molecule has 1 aliphatic heterocycles. The molecule has 5 nitrogen and oxygen atoms in total. The number of furan rings is 1. The Kier molecular flexibility index (Phi) is 6.16. The first-order valence-corrected chi connectivity index (χ1v) is 11.0. The smallest absolute Gasteiger partial charge is 0.250 e. The van der Waals surface area contributed by atoms with Gasteiger partial charge in [0.05, 0.1) is 19.4 Å². The van der Waals surface area contributed by atoms with Gasteiger partial charge < -0.3 is 14.5 Å². The highest BCUT2D eigenvalue weighted by molar-refractivity contribution is 8.14. The Morgan fingerprint density at radius 3 is 2.83 bits per heavy atom. The first-order chi connectivity index (χ1) is 14.5. The predicted molar refractivity (Wildman–Crippen MR) is 124 cm³/mol. The third-order valence-corrected chi connectivity index (χ3v) is 5.86. The Bertz CT molecular complexity index is 1150. The molecule has 0 radical (unpaired) electrons. The molecule has 154 valence electrons. The number of ether oxygens (including phenoxy) is 1. The highest BCUT2D eigenvalue weighted by Gasteiger charge is 2.16.